The second-order valence-electron chi connectivity index (χ2n) is 9.86. The lowest BCUT2D eigenvalue weighted by molar-refractivity contribution is 0.0430. The molecule has 0 saturated carbocycles. The molecule has 2 aromatic heterocycles. The van der Waals surface area contributed by atoms with Gasteiger partial charge in [0.2, 0.25) is 5.89 Å². The minimum absolute atomic E-state index is 0.191. The molecule has 0 unspecified atom stereocenters. The van der Waals surface area contributed by atoms with Crippen molar-refractivity contribution in [2.45, 2.75) is 12.6 Å². The molecule has 5 aromatic rings. The molecule has 0 radical (unpaired) electrons. The molecular weight excluding hydrogens is 551 g/mol. The Morgan fingerprint density at radius 3 is 2.50 bits per heavy atom. The average molecular weight is 579 g/mol. The molecule has 0 bridgehead atoms. The van der Waals surface area contributed by atoms with Crippen LogP contribution in [0.25, 0.3) is 33.8 Å². The zero-order valence-electron chi connectivity index (χ0n) is 21.7. The third kappa shape index (κ3) is 6.32. The van der Waals surface area contributed by atoms with Gasteiger partial charge in [0.05, 0.1) is 11.6 Å². The Morgan fingerprint density at radius 1 is 0.925 bits per heavy atom. The van der Waals surface area contributed by atoms with Gasteiger partial charge in [-0.3, -0.25) is 9.80 Å². The van der Waals surface area contributed by atoms with E-state index in [1.165, 1.54) is 0 Å². The third-order valence-corrected chi connectivity index (χ3v) is 7.50. The van der Waals surface area contributed by atoms with Gasteiger partial charge >= 0.3 is 0 Å². The quantitative estimate of drug-likeness (QED) is 0.227. The van der Waals surface area contributed by atoms with E-state index in [2.05, 4.69) is 19.9 Å². The van der Waals surface area contributed by atoms with E-state index in [1.807, 2.05) is 60.7 Å². The van der Waals surface area contributed by atoms with Gasteiger partial charge in [0.1, 0.15) is 29.7 Å². The van der Waals surface area contributed by atoms with Crippen molar-refractivity contribution in [2.24, 2.45) is 0 Å². The second-order valence-corrected chi connectivity index (χ2v) is 10.7. The highest BCUT2D eigenvalue weighted by molar-refractivity contribution is 6.33. The number of halogens is 2. The molecule has 1 atom stereocenters. The van der Waals surface area contributed by atoms with Crippen molar-refractivity contribution in [1.29, 1.82) is 0 Å². The third-order valence-electron chi connectivity index (χ3n) is 6.91. The molecule has 1 aliphatic rings. The summed E-state index contributed by atoms with van der Waals surface area (Å²) >= 11 is 12.3. The Balaban J connectivity index is 0.963. The van der Waals surface area contributed by atoms with Crippen molar-refractivity contribution < 1.29 is 18.8 Å². The van der Waals surface area contributed by atoms with E-state index < -0.39 is 6.10 Å². The van der Waals surface area contributed by atoms with Crippen LogP contribution in [-0.4, -0.2) is 70.5 Å². The van der Waals surface area contributed by atoms with Crippen LogP contribution in [0.2, 0.25) is 10.0 Å². The van der Waals surface area contributed by atoms with Crippen molar-refractivity contribution in [3.63, 3.8) is 0 Å². The average Bonchev–Trinajstić information content (AvgIpc) is 3.60. The molecule has 6 rings (SSSR count). The van der Waals surface area contributed by atoms with Crippen LogP contribution < -0.4 is 4.74 Å². The number of fused-ring (bicyclic) bond motifs is 1. The van der Waals surface area contributed by atoms with Gasteiger partial charge < -0.3 is 18.8 Å². The monoisotopic (exact) mass is 578 g/mol. The summed E-state index contributed by atoms with van der Waals surface area (Å²) in [6, 6.07) is 22.4. The van der Waals surface area contributed by atoms with E-state index in [1.54, 1.807) is 12.1 Å². The second kappa shape index (κ2) is 12.0. The zero-order chi connectivity index (χ0) is 27.5. The Labute approximate surface area is 241 Å². The summed E-state index contributed by atoms with van der Waals surface area (Å²) in [7, 11) is 0. The number of hydrogen-bond donors (Lipinski definition) is 1. The van der Waals surface area contributed by atoms with Crippen molar-refractivity contribution in [3.8, 4) is 28.5 Å². The first kappa shape index (κ1) is 26.8. The lowest BCUT2D eigenvalue weighted by atomic mass is 10.1. The van der Waals surface area contributed by atoms with Gasteiger partial charge in [-0.15, -0.1) is 0 Å². The predicted octanol–water partition coefficient (Wildman–Crippen LogP) is 6.01. The minimum Gasteiger partial charge on any atom is -0.491 e. The molecule has 206 valence electrons. The predicted molar refractivity (Wildman–Crippen MR) is 155 cm³/mol. The fourth-order valence-electron chi connectivity index (χ4n) is 4.79. The molecule has 0 amide bonds. The summed E-state index contributed by atoms with van der Waals surface area (Å²) in [6.45, 7) is 4.85. The van der Waals surface area contributed by atoms with Crippen molar-refractivity contribution in [1.82, 2.24) is 19.9 Å². The molecule has 1 saturated heterocycles. The number of hydrogen-bond acceptors (Lipinski definition) is 8. The first-order chi connectivity index (χ1) is 19.5. The zero-order valence-corrected chi connectivity index (χ0v) is 23.2. The fraction of sp³-hybridized carbons (Fsp3) is 0.267. The number of aromatic nitrogens is 2. The lowest BCUT2D eigenvalue weighted by Crippen LogP contribution is -2.48. The molecule has 0 spiro atoms. The van der Waals surface area contributed by atoms with Gasteiger partial charge in [-0.2, -0.15) is 0 Å². The number of rotatable bonds is 9. The summed E-state index contributed by atoms with van der Waals surface area (Å²) in [5.74, 6) is 1.96. The van der Waals surface area contributed by atoms with Gasteiger partial charge in [0.15, 0.2) is 11.3 Å². The molecule has 1 fully saturated rings. The number of aliphatic hydroxyl groups excluding tert-OH is 1. The molecule has 10 heteroatoms. The number of β-amino-alcohol motifs (C(OH)–C–C–N with tert-alkyl or cyclic N) is 1. The maximum Gasteiger partial charge on any atom is 0.227 e. The summed E-state index contributed by atoms with van der Waals surface area (Å²) in [5.41, 5.74) is 3.82. The fourth-order valence-corrected chi connectivity index (χ4v) is 5.15. The molecule has 40 heavy (non-hydrogen) atoms. The Morgan fingerprint density at radius 2 is 1.70 bits per heavy atom. The summed E-state index contributed by atoms with van der Waals surface area (Å²) < 4.78 is 17.3. The summed E-state index contributed by atoms with van der Waals surface area (Å²) in [4.78, 5) is 9.14. The van der Waals surface area contributed by atoms with Crippen molar-refractivity contribution in [2.75, 3.05) is 39.3 Å². The van der Waals surface area contributed by atoms with Crippen LogP contribution in [0.4, 0.5) is 0 Å². The van der Waals surface area contributed by atoms with Gasteiger partial charge in [0, 0.05) is 61.0 Å². The highest BCUT2D eigenvalue weighted by Gasteiger charge is 2.21. The van der Waals surface area contributed by atoms with Gasteiger partial charge in [0.25, 0.3) is 0 Å². The number of ether oxygens (including phenoxy) is 1. The maximum absolute atomic E-state index is 10.6. The topological polar surface area (TPSA) is 88.0 Å². The Kier molecular flexibility index (Phi) is 8.04. The van der Waals surface area contributed by atoms with E-state index in [0.717, 1.165) is 48.8 Å². The summed E-state index contributed by atoms with van der Waals surface area (Å²) in [6.07, 6.45) is -0.614. The number of benzene rings is 3. The summed E-state index contributed by atoms with van der Waals surface area (Å²) in [5, 5.41) is 16.1. The Bertz CT molecular complexity index is 1580. The number of piperazine rings is 1. The van der Waals surface area contributed by atoms with E-state index >= 15 is 0 Å². The molecule has 8 nitrogen and oxygen atoms in total. The number of nitrogens with zero attached hydrogens (tertiary/aromatic N) is 4. The van der Waals surface area contributed by atoms with Crippen LogP contribution in [0.5, 0.6) is 5.75 Å². The standard InChI is InChI=1S/C30H28Cl2N4O4/c31-21-7-5-20(6-8-21)30-33-28-15-23(9-10-29(28)39-30)38-19-22(37)17-35-11-13-36(14-12-35)18-24-16-27(34-40-24)25-3-1-2-4-26(25)32/h1-10,15-16,22,37H,11-14,17-19H2/t22-/m0/s1. The SMILES string of the molecule is O[C@H](COc1ccc2oc(-c3ccc(Cl)cc3)nc2c1)CN1CCN(Cc2cc(-c3ccccc3Cl)no2)CC1. The van der Waals surface area contributed by atoms with E-state index in [0.29, 0.717) is 45.9 Å². The molecule has 0 aliphatic carbocycles. The van der Waals surface area contributed by atoms with E-state index in [9.17, 15) is 5.11 Å². The Hall–Kier alpha value is -3.40. The molecular formula is C30H28Cl2N4O4. The van der Waals surface area contributed by atoms with Crippen LogP contribution in [0.15, 0.2) is 81.7 Å². The highest BCUT2D eigenvalue weighted by atomic mass is 35.5. The van der Waals surface area contributed by atoms with Gasteiger partial charge in [-0.25, -0.2) is 4.98 Å². The van der Waals surface area contributed by atoms with E-state index in [-0.39, 0.29) is 6.61 Å². The first-order valence-corrected chi connectivity index (χ1v) is 13.9. The number of aliphatic hydroxyl groups is 1. The van der Waals surface area contributed by atoms with Crippen molar-refractivity contribution in [3.05, 3.63) is 88.6 Å². The van der Waals surface area contributed by atoms with Gasteiger partial charge in [-0.1, -0.05) is 46.6 Å². The first-order valence-electron chi connectivity index (χ1n) is 13.1. The normalized spacial score (nSPS) is 15.5. The van der Waals surface area contributed by atoms with Crippen LogP contribution >= 0.6 is 23.2 Å². The smallest absolute Gasteiger partial charge is 0.227 e. The van der Waals surface area contributed by atoms with Crippen molar-refractivity contribution >= 4 is 34.3 Å². The van der Waals surface area contributed by atoms with E-state index in [4.69, 9.17) is 36.9 Å². The van der Waals surface area contributed by atoms with Crippen LogP contribution in [-0.2, 0) is 6.54 Å². The van der Waals surface area contributed by atoms with Crippen LogP contribution in [0.3, 0.4) is 0 Å². The van der Waals surface area contributed by atoms with Gasteiger partial charge in [-0.05, 0) is 42.5 Å². The number of oxazole rings is 1. The largest absolute Gasteiger partial charge is 0.491 e. The molecule has 1 aliphatic heterocycles. The minimum atomic E-state index is -0.614. The highest BCUT2D eigenvalue weighted by Crippen LogP contribution is 2.29. The maximum atomic E-state index is 10.6. The lowest BCUT2D eigenvalue weighted by Gasteiger charge is -2.35. The molecule has 3 aromatic carbocycles. The molecule has 1 N–H and O–H groups in total. The van der Waals surface area contributed by atoms with Crippen LogP contribution in [0, 0.1) is 0 Å². The molecule has 3 heterocycles. The van der Waals surface area contributed by atoms with Crippen LogP contribution in [0.1, 0.15) is 5.76 Å².